The number of nitrogens with two attached hydrogens (primary N) is 1. The van der Waals surface area contributed by atoms with Gasteiger partial charge in [0.25, 0.3) is 0 Å². The maximum absolute atomic E-state index is 12.1. The van der Waals surface area contributed by atoms with Gasteiger partial charge in [-0.25, -0.2) is 0 Å². The smallest absolute Gasteiger partial charge is 0.164 e. The molecule has 0 saturated carbocycles. The second-order valence-corrected chi connectivity index (χ2v) is 5.55. The molecule has 0 bridgehead atoms. The average molecular weight is 248 g/mol. The van der Waals surface area contributed by atoms with Gasteiger partial charge in [-0.05, 0) is 39.4 Å². The van der Waals surface area contributed by atoms with Crippen LogP contribution in [-0.4, -0.2) is 29.3 Å². The number of Topliss-reactive ketones (excluding diaryl/α,β-unsaturated/α-hetero) is 1. The first-order valence-electron chi connectivity index (χ1n) is 6.48. The van der Waals surface area contributed by atoms with Crippen LogP contribution in [0.3, 0.4) is 0 Å². The topological polar surface area (TPSA) is 46.3 Å². The molecule has 0 aromatic heterocycles. The van der Waals surface area contributed by atoms with E-state index in [0.29, 0.717) is 17.7 Å². The van der Waals surface area contributed by atoms with Gasteiger partial charge in [-0.1, -0.05) is 19.1 Å². The Morgan fingerprint density at radius 3 is 2.50 bits per heavy atom. The van der Waals surface area contributed by atoms with Crippen molar-refractivity contribution >= 4 is 11.5 Å². The van der Waals surface area contributed by atoms with E-state index in [1.807, 2.05) is 12.1 Å². The van der Waals surface area contributed by atoms with E-state index in [2.05, 4.69) is 32.6 Å². The molecule has 0 aliphatic heterocycles. The van der Waals surface area contributed by atoms with Crippen LogP contribution in [-0.2, 0) is 0 Å². The van der Waals surface area contributed by atoms with E-state index in [9.17, 15) is 4.79 Å². The van der Waals surface area contributed by atoms with E-state index >= 15 is 0 Å². The average Bonchev–Trinajstić information content (AvgIpc) is 2.27. The molecule has 0 amide bonds. The second kappa shape index (κ2) is 6.01. The monoisotopic (exact) mass is 248 g/mol. The van der Waals surface area contributed by atoms with Crippen molar-refractivity contribution in [1.82, 2.24) is 4.90 Å². The van der Waals surface area contributed by atoms with Crippen molar-refractivity contribution in [3.63, 3.8) is 0 Å². The van der Waals surface area contributed by atoms with Crippen molar-refractivity contribution in [2.45, 2.75) is 39.7 Å². The molecule has 18 heavy (non-hydrogen) atoms. The number of rotatable bonds is 5. The van der Waals surface area contributed by atoms with Crippen LogP contribution in [0.4, 0.5) is 5.69 Å². The summed E-state index contributed by atoms with van der Waals surface area (Å²) in [7, 11) is 0. The fraction of sp³-hybridized carbons (Fsp3) is 0.533. The molecule has 0 spiro atoms. The van der Waals surface area contributed by atoms with Crippen LogP contribution in [0.2, 0.25) is 0 Å². The second-order valence-electron chi connectivity index (χ2n) is 5.55. The van der Waals surface area contributed by atoms with E-state index in [1.165, 1.54) is 0 Å². The molecule has 0 unspecified atom stereocenters. The Hall–Kier alpha value is -1.35. The highest BCUT2D eigenvalue weighted by atomic mass is 16.1. The third-order valence-corrected chi connectivity index (χ3v) is 3.15. The zero-order valence-electron chi connectivity index (χ0n) is 11.9. The molecule has 100 valence electrons. The first kappa shape index (κ1) is 14.7. The van der Waals surface area contributed by atoms with Gasteiger partial charge in [0.05, 0.1) is 0 Å². The number of hydrogen-bond donors (Lipinski definition) is 1. The number of ketones is 1. The number of hydrogen-bond acceptors (Lipinski definition) is 3. The van der Waals surface area contributed by atoms with Crippen LogP contribution >= 0.6 is 0 Å². The van der Waals surface area contributed by atoms with E-state index < -0.39 is 0 Å². The van der Waals surface area contributed by atoms with Crippen molar-refractivity contribution in [3.05, 3.63) is 29.8 Å². The number of carbonyl (C=O) groups excluding carboxylic acids is 1. The van der Waals surface area contributed by atoms with Gasteiger partial charge in [0.1, 0.15) is 0 Å². The summed E-state index contributed by atoms with van der Waals surface area (Å²) < 4.78 is 0. The fourth-order valence-electron chi connectivity index (χ4n) is 2.06. The molecule has 0 atom stereocenters. The summed E-state index contributed by atoms with van der Waals surface area (Å²) in [4.78, 5) is 14.4. The molecule has 2 N–H and O–H groups in total. The van der Waals surface area contributed by atoms with Crippen LogP contribution in [0.15, 0.2) is 24.3 Å². The Kier molecular flexibility index (Phi) is 4.91. The summed E-state index contributed by atoms with van der Waals surface area (Å²) >= 11 is 0. The van der Waals surface area contributed by atoms with Crippen LogP contribution in [0.1, 0.15) is 44.5 Å². The lowest BCUT2D eigenvalue weighted by Crippen LogP contribution is -2.42. The summed E-state index contributed by atoms with van der Waals surface area (Å²) in [5.41, 5.74) is 7.14. The number of carbonyl (C=O) groups is 1. The molecule has 1 aromatic rings. The third kappa shape index (κ3) is 4.15. The molecule has 1 rings (SSSR count). The van der Waals surface area contributed by atoms with Crippen molar-refractivity contribution in [2.24, 2.45) is 0 Å². The molecule has 3 heteroatoms. The molecule has 0 radical (unpaired) electrons. The summed E-state index contributed by atoms with van der Waals surface area (Å²) in [6.45, 7) is 10.4. The fourth-order valence-corrected chi connectivity index (χ4v) is 2.06. The standard InChI is InChI=1S/C15H24N2O/c1-5-17(15(2,3)4)10-9-14(18)12-7-6-8-13(16)11-12/h6-8,11H,5,9-10,16H2,1-4H3. The highest BCUT2D eigenvalue weighted by Crippen LogP contribution is 2.15. The normalized spacial score (nSPS) is 11.8. The molecule has 3 nitrogen and oxygen atoms in total. The maximum Gasteiger partial charge on any atom is 0.164 e. The number of anilines is 1. The SMILES string of the molecule is CCN(CCC(=O)c1cccc(N)c1)C(C)(C)C. The quantitative estimate of drug-likeness (QED) is 0.643. The van der Waals surface area contributed by atoms with E-state index in [0.717, 1.165) is 13.1 Å². The Morgan fingerprint density at radius 1 is 1.33 bits per heavy atom. The zero-order valence-corrected chi connectivity index (χ0v) is 11.9. The van der Waals surface area contributed by atoms with Gasteiger partial charge in [-0.3, -0.25) is 9.69 Å². The Labute approximate surface area is 110 Å². The maximum atomic E-state index is 12.1. The Balaban J connectivity index is 2.61. The largest absolute Gasteiger partial charge is 0.399 e. The predicted molar refractivity (Wildman–Crippen MR) is 76.8 cm³/mol. The van der Waals surface area contributed by atoms with E-state index in [4.69, 9.17) is 5.73 Å². The van der Waals surface area contributed by atoms with Gasteiger partial charge < -0.3 is 5.73 Å². The predicted octanol–water partition coefficient (Wildman–Crippen LogP) is 2.96. The minimum Gasteiger partial charge on any atom is -0.399 e. The molecule has 0 fully saturated rings. The van der Waals surface area contributed by atoms with Crippen molar-refractivity contribution < 1.29 is 4.79 Å². The molecule has 0 saturated heterocycles. The Bertz CT molecular complexity index is 407. The van der Waals surface area contributed by atoms with Crippen molar-refractivity contribution in [1.29, 1.82) is 0 Å². The van der Waals surface area contributed by atoms with Gasteiger partial charge >= 0.3 is 0 Å². The summed E-state index contributed by atoms with van der Waals surface area (Å²) in [6.07, 6.45) is 0.536. The summed E-state index contributed by atoms with van der Waals surface area (Å²) in [5.74, 6) is 0.157. The first-order chi connectivity index (χ1) is 8.34. The van der Waals surface area contributed by atoms with Crippen LogP contribution in [0.25, 0.3) is 0 Å². The van der Waals surface area contributed by atoms with Crippen LogP contribution in [0.5, 0.6) is 0 Å². The van der Waals surface area contributed by atoms with Gasteiger partial charge in [0.2, 0.25) is 0 Å². The summed E-state index contributed by atoms with van der Waals surface area (Å²) in [6, 6.07) is 7.19. The molecule has 0 heterocycles. The van der Waals surface area contributed by atoms with Gasteiger partial charge in [-0.15, -0.1) is 0 Å². The zero-order chi connectivity index (χ0) is 13.8. The van der Waals surface area contributed by atoms with Gasteiger partial charge in [0.15, 0.2) is 5.78 Å². The lowest BCUT2D eigenvalue weighted by Gasteiger charge is -2.34. The third-order valence-electron chi connectivity index (χ3n) is 3.15. The molecular formula is C15H24N2O. The number of nitrogen functional groups attached to an aromatic ring is 1. The van der Waals surface area contributed by atoms with E-state index in [1.54, 1.807) is 12.1 Å². The molecule has 1 aromatic carbocycles. The Morgan fingerprint density at radius 2 is 2.00 bits per heavy atom. The molecule has 0 aliphatic rings. The van der Waals surface area contributed by atoms with Crippen molar-refractivity contribution in [3.8, 4) is 0 Å². The molecule has 0 aliphatic carbocycles. The minimum atomic E-state index is 0.102. The first-order valence-corrected chi connectivity index (χ1v) is 6.48. The number of benzene rings is 1. The van der Waals surface area contributed by atoms with E-state index in [-0.39, 0.29) is 11.3 Å². The summed E-state index contributed by atoms with van der Waals surface area (Å²) in [5, 5.41) is 0. The van der Waals surface area contributed by atoms with Gasteiger partial charge in [0, 0.05) is 29.8 Å². The molecular weight excluding hydrogens is 224 g/mol. The lowest BCUT2D eigenvalue weighted by atomic mass is 10.0. The van der Waals surface area contributed by atoms with Gasteiger partial charge in [-0.2, -0.15) is 0 Å². The minimum absolute atomic E-state index is 0.102. The number of nitrogens with zero attached hydrogens (tertiary/aromatic N) is 1. The van der Waals surface area contributed by atoms with Crippen LogP contribution < -0.4 is 5.73 Å². The van der Waals surface area contributed by atoms with Crippen molar-refractivity contribution in [2.75, 3.05) is 18.8 Å². The highest BCUT2D eigenvalue weighted by Gasteiger charge is 2.20. The van der Waals surface area contributed by atoms with Crippen LogP contribution in [0, 0.1) is 0 Å². The highest BCUT2D eigenvalue weighted by molar-refractivity contribution is 5.96. The lowest BCUT2D eigenvalue weighted by molar-refractivity contribution is 0.0921.